The average Bonchev–Trinajstić information content (AvgIpc) is 0.771. The molecule has 0 bridgehead atoms. The summed E-state index contributed by atoms with van der Waals surface area (Å²) in [5, 5.41) is 224. The number of ketones is 2. The second-order valence-electron chi connectivity index (χ2n) is 34.1. The molecule has 42 nitrogen and oxygen atoms in total. The molecule has 2 aromatic rings. The van der Waals surface area contributed by atoms with E-state index >= 15 is 0 Å². The number of aliphatic hydroxyl groups is 18. The molecule has 2 aliphatic carbocycles. The van der Waals surface area contributed by atoms with E-state index in [0.717, 1.165) is 48.3 Å². The number of Topliss-reactive ketones (excluding diaryl/α,β-unsaturated/α-hetero) is 2. The highest BCUT2D eigenvalue weighted by atomic mass is 16.8. The van der Waals surface area contributed by atoms with Gasteiger partial charge >= 0.3 is 35.8 Å². The zero-order valence-corrected chi connectivity index (χ0v) is 78.0. The van der Waals surface area contributed by atoms with E-state index in [4.69, 9.17) is 56.8 Å². The van der Waals surface area contributed by atoms with Gasteiger partial charge in [0.25, 0.3) is 0 Å². The summed E-state index contributed by atoms with van der Waals surface area (Å²) in [6, 6.07) is 7.65. The minimum Gasteiger partial charge on any atom is -0.504 e. The summed E-state index contributed by atoms with van der Waals surface area (Å²) in [5.41, 5.74) is 0.0511. The van der Waals surface area contributed by atoms with Crippen LogP contribution < -0.4 is 0 Å². The van der Waals surface area contributed by atoms with Gasteiger partial charge in [0.05, 0.1) is 32.5 Å². The summed E-state index contributed by atoms with van der Waals surface area (Å²) < 4.78 is 64.6. The zero-order chi connectivity index (χ0) is 104. The van der Waals surface area contributed by atoms with Crippen molar-refractivity contribution in [1.82, 2.24) is 0 Å². The second kappa shape index (κ2) is 55.3. The van der Waals surface area contributed by atoms with Gasteiger partial charge in [0.1, 0.15) is 133 Å². The Morgan fingerprint density at radius 1 is 0.326 bits per heavy atom. The maximum atomic E-state index is 13.1. The Labute approximate surface area is 811 Å². The molecule has 0 radical (unpaired) electrons. The van der Waals surface area contributed by atoms with Crippen LogP contribution in [0.5, 0.6) is 23.0 Å². The number of phenolic OH excluding ortho intramolecular Hbond substituents is 4. The lowest BCUT2D eigenvalue weighted by Gasteiger charge is -2.42. The summed E-state index contributed by atoms with van der Waals surface area (Å²) >= 11 is 0. The van der Waals surface area contributed by atoms with Crippen LogP contribution in [0.3, 0.4) is 0 Å². The number of aliphatic hydroxyl groups excluding tert-OH is 16. The number of esters is 6. The monoisotopic (exact) mass is 1990 g/mol. The molecule has 2 saturated carbocycles. The van der Waals surface area contributed by atoms with Gasteiger partial charge in [-0.15, -0.1) is 0 Å². The molecule has 776 valence electrons. The zero-order valence-electron chi connectivity index (χ0n) is 78.0. The van der Waals surface area contributed by atoms with Crippen LogP contribution in [-0.2, 0) is 95.2 Å². The van der Waals surface area contributed by atoms with Crippen molar-refractivity contribution in [3.05, 3.63) is 226 Å². The number of ether oxygens (including phenoxy) is 12. The molecule has 0 aromatic heterocycles. The van der Waals surface area contributed by atoms with Crippen molar-refractivity contribution < 1.29 is 208 Å². The first-order valence-electron chi connectivity index (χ1n) is 44.1. The van der Waals surface area contributed by atoms with Crippen LogP contribution in [0, 0.1) is 0 Å². The van der Waals surface area contributed by atoms with Gasteiger partial charge in [-0.25, -0.2) is 28.8 Å². The Morgan fingerprint density at radius 2 is 0.617 bits per heavy atom. The summed E-state index contributed by atoms with van der Waals surface area (Å²) in [5.74, 6) is -8.41. The Morgan fingerprint density at radius 3 is 0.950 bits per heavy atom. The van der Waals surface area contributed by atoms with E-state index in [1.807, 2.05) is 0 Å². The molecular formula is C99H128O42. The number of hydrogen-bond acceptors (Lipinski definition) is 42. The number of benzene rings is 2. The molecule has 4 heterocycles. The average molecular weight is 1990 g/mol. The molecule has 4 saturated heterocycles. The van der Waals surface area contributed by atoms with Crippen LogP contribution in [-0.4, -0.2) is 357 Å². The van der Waals surface area contributed by atoms with Crippen LogP contribution in [0.4, 0.5) is 0 Å². The first-order chi connectivity index (χ1) is 65.9. The molecule has 6 fully saturated rings. The molecule has 0 amide bonds. The predicted molar refractivity (Wildman–Crippen MR) is 495 cm³/mol. The molecule has 4 aliphatic heterocycles. The molecule has 141 heavy (non-hydrogen) atoms. The van der Waals surface area contributed by atoms with Crippen molar-refractivity contribution in [3.63, 3.8) is 0 Å². The van der Waals surface area contributed by atoms with Gasteiger partial charge in [-0.2, -0.15) is 0 Å². The molecule has 6 aliphatic rings. The van der Waals surface area contributed by atoms with Crippen molar-refractivity contribution in [2.45, 2.75) is 273 Å². The predicted octanol–water partition coefficient (Wildman–Crippen LogP) is 0.697. The summed E-state index contributed by atoms with van der Waals surface area (Å²) in [4.78, 5) is 102. The van der Waals surface area contributed by atoms with E-state index in [0.29, 0.717) is 11.1 Å². The second-order valence-corrected chi connectivity index (χ2v) is 34.1. The first-order valence-corrected chi connectivity index (χ1v) is 44.1. The van der Waals surface area contributed by atoms with Crippen LogP contribution in [0.15, 0.2) is 215 Å². The van der Waals surface area contributed by atoms with Gasteiger partial charge in [0.2, 0.25) is 12.6 Å². The standard InChI is InChI=1S/2C49H62O21.CH4/c1-25(12-8-14-27(3)45(62)69-44-33(54)21-49(64,29(5)51)22-34(44)66-37(55)19-17-30-16-18-31(52)32(53)20-30)10-6-7-11-26(2)13-9-15-28(4)46(63)70-48-43(61)41(59)39(57)36(68-48)24-65-47-42(60)40(58)38(56)35(23-50)67-47;1-25(12-8-14-27(3)45(62)67-34-22-49(64,29(5)51)21-33(38(34)55)66-37(54)19-17-30-16-18-31(52)32(53)20-30)10-6-7-11-26(2)13-9-15-28(4)46(63)70-48-44(61)42(59)40(57)36(69-48)24-65-47-43(60)41(58)39(56)35(23-50)68-47;/h6-20,33-36,38-44,47-48,50,52-54,56-61,64H,21-24H2,1-5H3;6-20,33-36,38-44,47-48,50,52-53,55-61,64H,21-24H2,1-5H3;1H4/b2*7-6+,12-8+,13-9+,19-17+,25-10+,26-11+,27-14+,28-15+;/t33-,34+,35?,36?,38+,39+,40-,41-,42?,43?,44+,47+,48-,49+;33-,34+,35?,36?,38-,39-,40-,41+,42+,43?,44?,47-,48+,49+;/m01./s1. The first kappa shape index (κ1) is 118. The molecule has 28 atom stereocenters. The van der Waals surface area contributed by atoms with Crippen molar-refractivity contribution >= 4 is 59.5 Å². The molecule has 8 rings (SSSR count). The number of allylic oxidation sites excluding steroid dienone is 24. The molecule has 22 N–H and O–H groups in total. The van der Waals surface area contributed by atoms with Gasteiger partial charge in [-0.3, -0.25) is 9.59 Å². The van der Waals surface area contributed by atoms with Crippen LogP contribution in [0.25, 0.3) is 12.2 Å². The Hall–Kier alpha value is -11.3. The topological polar surface area (TPSA) is 692 Å². The number of rotatable bonds is 36. The smallest absolute Gasteiger partial charge is 0.336 e. The number of aromatic hydroxyl groups is 4. The van der Waals surface area contributed by atoms with Gasteiger partial charge in [-0.05, 0) is 117 Å². The van der Waals surface area contributed by atoms with E-state index in [9.17, 15) is 151 Å². The summed E-state index contributed by atoms with van der Waals surface area (Å²) in [6.07, 6.45) is -6.33. The van der Waals surface area contributed by atoms with Gasteiger partial charge in [0.15, 0.2) is 53.2 Å². The SMILES string of the molecule is C.CC(=O)[C@@]1(O)C[C@H](O)[C@@H](OC(=O)/C(C)=C/C=C/C(C)=C/C=C/C=C(C)/C=C/C=C(\C)C(=O)O[C@@H]2OC(CO[C@@H]3OC(CO)[C@@H](O)[C@H](O)C3O)[C@@H](O)[C@H](O)C2O)[C@H](OC(=O)/C=C/c2ccc(O)c(O)c2)C1.CC(=O)[C@@]1(O)C[C@H](OC(=O)/C(C)=C/C=C/C(C)=C/C=C/C=C(C)/C=C/C=C(\C)C(=O)O[C@@H]2OC(CO[C@@H]3OC(CO)[C@@H](O)[C@H](O)C3O)[C@@H](O)[C@H](O)C2O)[C@H](O)[C@H](OC(=O)/C=C/c2ccc(O)c(O)c2)C1. The molecule has 8 unspecified atom stereocenters. The van der Waals surface area contributed by atoms with Crippen molar-refractivity contribution in [2.75, 3.05) is 26.4 Å². The highest BCUT2D eigenvalue weighted by Crippen LogP contribution is 2.38. The van der Waals surface area contributed by atoms with E-state index in [2.05, 4.69) is 0 Å². The van der Waals surface area contributed by atoms with Crippen molar-refractivity contribution in [2.24, 2.45) is 0 Å². The third-order valence-corrected chi connectivity index (χ3v) is 22.9. The minimum absolute atomic E-state index is 0. The molecular weight excluding hydrogens is 1860 g/mol. The summed E-state index contributed by atoms with van der Waals surface area (Å²) in [6.45, 7) is 12.6. The minimum atomic E-state index is -2.07. The highest BCUT2D eigenvalue weighted by Gasteiger charge is 2.55. The lowest BCUT2D eigenvalue weighted by Crippen LogP contribution is -2.61. The number of hydrogen-bond donors (Lipinski definition) is 22. The maximum Gasteiger partial charge on any atom is 0.336 e. The third-order valence-electron chi connectivity index (χ3n) is 22.9. The lowest BCUT2D eigenvalue weighted by atomic mass is 9.77. The Bertz CT molecular complexity index is 5130. The van der Waals surface area contributed by atoms with Gasteiger partial charge in [0, 0.05) is 60.1 Å². The lowest BCUT2D eigenvalue weighted by molar-refractivity contribution is -0.326. The summed E-state index contributed by atoms with van der Waals surface area (Å²) in [7, 11) is 0. The Balaban J connectivity index is 0.000000429. The largest absolute Gasteiger partial charge is 0.504 e. The van der Waals surface area contributed by atoms with Gasteiger partial charge in [-0.1, -0.05) is 163 Å². The molecule has 2 aromatic carbocycles. The number of carbonyl (C=O) groups is 8. The van der Waals surface area contributed by atoms with Crippen molar-refractivity contribution in [1.29, 1.82) is 0 Å². The Kier molecular flexibility index (Phi) is 46.5. The fourth-order valence-electron chi connectivity index (χ4n) is 14.2. The maximum absolute atomic E-state index is 13.1. The van der Waals surface area contributed by atoms with Crippen molar-refractivity contribution in [3.8, 4) is 23.0 Å². The van der Waals surface area contributed by atoms with Crippen LogP contribution in [0.2, 0.25) is 0 Å². The van der Waals surface area contributed by atoms with E-state index in [1.54, 1.807) is 125 Å². The third kappa shape index (κ3) is 34.5. The van der Waals surface area contributed by atoms with Gasteiger partial charge < -0.3 is 169 Å². The number of carbonyl (C=O) groups excluding carboxylic acids is 8. The fraction of sp³-hybridized carbons (Fsp3) is 0.475. The normalized spacial score (nSPS) is 32.5. The highest BCUT2D eigenvalue weighted by molar-refractivity contribution is 5.92. The van der Waals surface area contributed by atoms with Crippen LogP contribution >= 0.6 is 0 Å². The molecule has 42 heteroatoms. The number of phenols is 4. The van der Waals surface area contributed by atoms with E-state index in [-0.39, 0.29) is 41.2 Å². The van der Waals surface area contributed by atoms with E-state index in [1.165, 1.54) is 101 Å². The molecule has 0 spiro atoms. The van der Waals surface area contributed by atoms with Crippen LogP contribution in [0.1, 0.15) is 113 Å². The van der Waals surface area contributed by atoms with E-state index < -0.39 is 282 Å². The quantitative estimate of drug-likeness (QED) is 0.0147. The fourth-order valence-corrected chi connectivity index (χ4v) is 14.2.